The minimum atomic E-state index is -0.341. The largest absolute Gasteiger partial charge is 0.494 e. The van der Waals surface area contributed by atoms with Crippen molar-refractivity contribution < 1.29 is 9.84 Å². The van der Waals surface area contributed by atoms with Gasteiger partial charge in [0.1, 0.15) is 5.75 Å². The number of aliphatic hydroxyl groups excluding tert-OH is 1. The molecule has 2 aromatic rings. The lowest BCUT2D eigenvalue weighted by atomic mass is 9.99. The molecule has 3 rings (SSSR count). The predicted octanol–water partition coefficient (Wildman–Crippen LogP) is 2.59. The molecule has 146 valence electrons. The molecule has 0 saturated carbocycles. The Labute approximate surface area is 162 Å². The van der Waals surface area contributed by atoms with E-state index in [1.807, 2.05) is 43.5 Å². The van der Waals surface area contributed by atoms with Gasteiger partial charge in [-0.2, -0.15) is 0 Å². The van der Waals surface area contributed by atoms with Gasteiger partial charge in [0, 0.05) is 56.1 Å². The van der Waals surface area contributed by atoms with E-state index in [1.165, 1.54) is 5.56 Å². The van der Waals surface area contributed by atoms with Crippen LogP contribution in [0.2, 0.25) is 0 Å². The second-order valence-electron chi connectivity index (χ2n) is 7.25. The van der Waals surface area contributed by atoms with Crippen LogP contribution in [0, 0.1) is 0 Å². The smallest absolute Gasteiger partial charge is 0.123 e. The van der Waals surface area contributed by atoms with Crippen molar-refractivity contribution in [2.24, 2.45) is 0 Å². The summed E-state index contributed by atoms with van der Waals surface area (Å²) in [5.41, 5.74) is 2.29. The van der Waals surface area contributed by atoms with Gasteiger partial charge >= 0.3 is 0 Å². The van der Waals surface area contributed by atoms with Crippen LogP contribution in [0.4, 0.5) is 0 Å². The third-order valence-electron chi connectivity index (χ3n) is 5.31. The van der Waals surface area contributed by atoms with Crippen molar-refractivity contribution in [3.05, 3.63) is 59.9 Å². The van der Waals surface area contributed by atoms with Crippen LogP contribution >= 0.6 is 0 Å². The molecule has 0 aliphatic carbocycles. The van der Waals surface area contributed by atoms with E-state index in [9.17, 15) is 5.11 Å². The summed E-state index contributed by atoms with van der Waals surface area (Å²) in [5.74, 6) is 0.948. The molecule has 0 amide bonds. The van der Waals surface area contributed by atoms with Crippen LogP contribution in [-0.4, -0.2) is 65.3 Å². The fourth-order valence-electron chi connectivity index (χ4n) is 3.82. The van der Waals surface area contributed by atoms with Gasteiger partial charge in [0.15, 0.2) is 0 Å². The standard InChI is InChI=1S/C22H31N3O2/c1-3-27-22-10-5-4-8-18(22)16-25-15-12-20(21(26)17-25)24(2)14-11-19-9-6-7-13-23-19/h4-10,13,20-21,26H,3,11-12,14-17H2,1-2H3/t20-,21-/m1/s1. The lowest BCUT2D eigenvalue weighted by Gasteiger charge is -2.40. The number of likely N-dealkylation sites (tertiary alicyclic amines) is 1. The van der Waals surface area contributed by atoms with Crippen molar-refractivity contribution in [3.8, 4) is 5.75 Å². The number of nitrogens with zero attached hydrogens (tertiary/aromatic N) is 3. The van der Waals surface area contributed by atoms with Crippen molar-refractivity contribution in [3.63, 3.8) is 0 Å². The topological polar surface area (TPSA) is 48.8 Å². The first-order valence-electron chi connectivity index (χ1n) is 9.88. The van der Waals surface area contributed by atoms with E-state index in [0.717, 1.165) is 43.9 Å². The maximum absolute atomic E-state index is 10.7. The molecule has 0 unspecified atom stereocenters. The average molecular weight is 370 g/mol. The number of ether oxygens (including phenoxy) is 1. The van der Waals surface area contributed by atoms with Crippen molar-refractivity contribution in [2.75, 3.05) is 33.3 Å². The molecule has 1 aliphatic heterocycles. The number of rotatable bonds is 8. The van der Waals surface area contributed by atoms with E-state index in [-0.39, 0.29) is 12.1 Å². The van der Waals surface area contributed by atoms with Gasteiger partial charge in [-0.05, 0) is 38.6 Å². The summed E-state index contributed by atoms with van der Waals surface area (Å²) in [7, 11) is 2.11. The van der Waals surface area contributed by atoms with Crippen molar-refractivity contribution in [1.82, 2.24) is 14.8 Å². The molecular formula is C22H31N3O2. The number of hydrogen-bond donors (Lipinski definition) is 1. The van der Waals surface area contributed by atoms with Crippen LogP contribution in [0.5, 0.6) is 5.75 Å². The number of para-hydroxylation sites is 1. The molecule has 1 saturated heterocycles. The Kier molecular flexibility index (Phi) is 7.21. The van der Waals surface area contributed by atoms with Crippen molar-refractivity contribution in [1.29, 1.82) is 0 Å². The highest BCUT2D eigenvalue weighted by Crippen LogP contribution is 2.23. The Hall–Kier alpha value is -1.95. The Morgan fingerprint density at radius 2 is 2.04 bits per heavy atom. The molecular weight excluding hydrogens is 338 g/mol. The first kappa shape index (κ1) is 19.8. The van der Waals surface area contributed by atoms with Gasteiger partial charge in [-0.1, -0.05) is 24.3 Å². The van der Waals surface area contributed by atoms with Crippen LogP contribution < -0.4 is 4.74 Å². The quantitative estimate of drug-likeness (QED) is 0.775. The Balaban J connectivity index is 1.51. The average Bonchev–Trinajstić information content (AvgIpc) is 2.69. The zero-order chi connectivity index (χ0) is 19.1. The Bertz CT molecular complexity index is 695. The summed E-state index contributed by atoms with van der Waals surface area (Å²) in [6.45, 7) is 6.08. The summed E-state index contributed by atoms with van der Waals surface area (Å²) in [6, 6.07) is 14.4. The SMILES string of the molecule is CCOc1ccccc1CN1CC[C@@H](N(C)CCc2ccccn2)[C@H](O)C1. The van der Waals surface area contributed by atoms with Crippen LogP contribution in [0.1, 0.15) is 24.6 Å². The molecule has 0 radical (unpaired) electrons. The molecule has 2 atom stereocenters. The molecule has 0 spiro atoms. The van der Waals surface area contributed by atoms with Gasteiger partial charge < -0.3 is 14.7 Å². The second-order valence-corrected chi connectivity index (χ2v) is 7.25. The first-order chi connectivity index (χ1) is 13.2. The molecule has 1 fully saturated rings. The number of likely N-dealkylation sites (N-methyl/N-ethyl adjacent to an activating group) is 1. The Morgan fingerprint density at radius 3 is 2.78 bits per heavy atom. The minimum Gasteiger partial charge on any atom is -0.494 e. The van der Waals surface area contributed by atoms with E-state index in [1.54, 1.807) is 0 Å². The summed E-state index contributed by atoms with van der Waals surface area (Å²) in [6.07, 6.45) is 3.37. The molecule has 2 heterocycles. The third kappa shape index (κ3) is 5.51. The predicted molar refractivity (Wildman–Crippen MR) is 108 cm³/mol. The minimum absolute atomic E-state index is 0.201. The molecule has 1 aromatic heterocycles. The first-order valence-corrected chi connectivity index (χ1v) is 9.88. The van der Waals surface area contributed by atoms with Crippen LogP contribution in [-0.2, 0) is 13.0 Å². The van der Waals surface area contributed by atoms with Crippen LogP contribution in [0.15, 0.2) is 48.7 Å². The zero-order valence-corrected chi connectivity index (χ0v) is 16.4. The lowest BCUT2D eigenvalue weighted by Crippen LogP contribution is -2.53. The molecule has 5 heteroatoms. The molecule has 1 N–H and O–H groups in total. The molecule has 0 bridgehead atoms. The summed E-state index contributed by atoms with van der Waals surface area (Å²) < 4.78 is 5.74. The highest BCUT2D eigenvalue weighted by atomic mass is 16.5. The highest BCUT2D eigenvalue weighted by Gasteiger charge is 2.30. The van der Waals surface area contributed by atoms with Gasteiger partial charge in [0.05, 0.1) is 12.7 Å². The van der Waals surface area contributed by atoms with E-state index < -0.39 is 0 Å². The molecule has 27 heavy (non-hydrogen) atoms. The Morgan fingerprint density at radius 1 is 1.22 bits per heavy atom. The molecule has 5 nitrogen and oxygen atoms in total. The summed E-state index contributed by atoms with van der Waals surface area (Å²) in [4.78, 5) is 9.00. The second kappa shape index (κ2) is 9.83. The normalized spacial score (nSPS) is 20.7. The van der Waals surface area contributed by atoms with Gasteiger partial charge in [-0.25, -0.2) is 0 Å². The lowest BCUT2D eigenvalue weighted by molar-refractivity contribution is -0.00640. The van der Waals surface area contributed by atoms with E-state index >= 15 is 0 Å². The molecule has 1 aromatic carbocycles. The van der Waals surface area contributed by atoms with Crippen LogP contribution in [0.3, 0.4) is 0 Å². The van der Waals surface area contributed by atoms with E-state index in [2.05, 4.69) is 34.0 Å². The number of piperidine rings is 1. The van der Waals surface area contributed by atoms with Gasteiger partial charge in [0.25, 0.3) is 0 Å². The monoisotopic (exact) mass is 369 g/mol. The summed E-state index contributed by atoms with van der Waals surface area (Å²) >= 11 is 0. The zero-order valence-electron chi connectivity index (χ0n) is 16.4. The van der Waals surface area contributed by atoms with Crippen molar-refractivity contribution in [2.45, 2.75) is 38.5 Å². The third-order valence-corrected chi connectivity index (χ3v) is 5.31. The fraction of sp³-hybridized carbons (Fsp3) is 0.500. The number of aromatic nitrogens is 1. The number of β-amino-alcohol motifs (C(OH)–C–C–N with tert-alkyl or cyclic N) is 1. The summed E-state index contributed by atoms with van der Waals surface area (Å²) in [5, 5.41) is 10.7. The maximum Gasteiger partial charge on any atom is 0.123 e. The van der Waals surface area contributed by atoms with Gasteiger partial charge in [-0.15, -0.1) is 0 Å². The van der Waals surface area contributed by atoms with E-state index in [0.29, 0.717) is 13.2 Å². The van der Waals surface area contributed by atoms with Crippen molar-refractivity contribution >= 4 is 0 Å². The van der Waals surface area contributed by atoms with E-state index in [4.69, 9.17) is 4.74 Å². The number of aliphatic hydroxyl groups is 1. The number of pyridine rings is 1. The maximum atomic E-state index is 10.7. The highest BCUT2D eigenvalue weighted by molar-refractivity contribution is 5.33. The molecule has 1 aliphatic rings. The fourth-order valence-corrected chi connectivity index (χ4v) is 3.82. The number of hydrogen-bond acceptors (Lipinski definition) is 5. The van der Waals surface area contributed by atoms with Crippen LogP contribution in [0.25, 0.3) is 0 Å². The number of benzene rings is 1. The van der Waals surface area contributed by atoms with Gasteiger partial charge in [0.2, 0.25) is 0 Å². The van der Waals surface area contributed by atoms with Gasteiger partial charge in [-0.3, -0.25) is 9.88 Å².